The zero-order valence-electron chi connectivity index (χ0n) is 13.7. The predicted octanol–water partition coefficient (Wildman–Crippen LogP) is 5.37. The third kappa shape index (κ3) is 5.77. The van der Waals surface area contributed by atoms with E-state index in [4.69, 9.17) is 11.6 Å². The summed E-state index contributed by atoms with van der Waals surface area (Å²) < 4.78 is 1.54. The number of benzene rings is 2. The van der Waals surface area contributed by atoms with E-state index in [2.05, 4.69) is 10.2 Å². The van der Waals surface area contributed by atoms with Gasteiger partial charge in [-0.2, -0.15) is 0 Å². The van der Waals surface area contributed by atoms with Crippen molar-refractivity contribution in [1.82, 2.24) is 10.2 Å². The van der Waals surface area contributed by atoms with E-state index in [0.29, 0.717) is 14.9 Å². The van der Waals surface area contributed by atoms with Crippen LogP contribution >= 0.6 is 46.5 Å². The Morgan fingerprint density at radius 2 is 1.67 bits per heavy atom. The Kier molecular flexibility index (Phi) is 6.84. The number of carbonyl (C=O) groups excluding carboxylic acids is 1. The van der Waals surface area contributed by atoms with E-state index in [1.165, 1.54) is 47.4 Å². The van der Waals surface area contributed by atoms with Crippen LogP contribution in [-0.2, 0) is 5.75 Å². The zero-order chi connectivity index (χ0) is 19.2. The molecule has 0 fully saturated rings. The fourth-order valence-electron chi connectivity index (χ4n) is 2.02. The van der Waals surface area contributed by atoms with Crippen LogP contribution in [0.4, 0.5) is 5.69 Å². The zero-order valence-corrected chi connectivity index (χ0v) is 16.9. The first kappa shape index (κ1) is 19.8. The average molecular weight is 438 g/mol. The van der Waals surface area contributed by atoms with Crippen molar-refractivity contribution < 1.29 is 9.72 Å². The Balaban J connectivity index is 1.50. The summed E-state index contributed by atoms with van der Waals surface area (Å²) in [6.07, 6.45) is 0. The fourth-order valence-corrected chi connectivity index (χ4v) is 5.02. The number of carbonyl (C=O) groups is 1. The fraction of sp³-hybridized carbons (Fsp3) is 0.118. The third-order valence-electron chi connectivity index (χ3n) is 3.39. The van der Waals surface area contributed by atoms with Gasteiger partial charge >= 0.3 is 0 Å². The second kappa shape index (κ2) is 9.32. The van der Waals surface area contributed by atoms with E-state index in [0.717, 1.165) is 15.7 Å². The van der Waals surface area contributed by atoms with Gasteiger partial charge in [0.05, 0.1) is 10.7 Å². The molecule has 2 aromatic carbocycles. The van der Waals surface area contributed by atoms with E-state index in [1.54, 1.807) is 11.8 Å². The summed E-state index contributed by atoms with van der Waals surface area (Å²) in [6, 6.07) is 13.2. The van der Waals surface area contributed by atoms with Crippen LogP contribution in [0, 0.1) is 10.1 Å². The topological polar surface area (TPSA) is 86.0 Å². The summed E-state index contributed by atoms with van der Waals surface area (Å²) in [5.41, 5.74) is 1.54. The molecule has 1 heterocycles. The normalized spacial score (nSPS) is 10.7. The molecular formula is C17H12ClN3O3S3. The number of ketones is 1. The Bertz CT molecular complexity index is 946. The molecule has 3 aromatic rings. The van der Waals surface area contributed by atoms with Gasteiger partial charge in [-0.05, 0) is 29.8 Å². The minimum absolute atomic E-state index is 0.0364. The standard InChI is InChI=1S/C17H12ClN3O3S3/c18-13-5-1-11(2-6-13)9-25-16-19-20-17(27-16)26-10-15(22)12-3-7-14(8-4-12)21(23)24/h1-8H,9-10H2. The molecule has 0 amide bonds. The van der Waals surface area contributed by atoms with Crippen LogP contribution in [0.25, 0.3) is 0 Å². The number of hydrogen-bond donors (Lipinski definition) is 0. The molecule has 0 aliphatic rings. The lowest BCUT2D eigenvalue weighted by Crippen LogP contribution is -2.02. The SMILES string of the molecule is O=C(CSc1nnc(SCc2ccc(Cl)cc2)s1)c1ccc([N+](=O)[O-])cc1. The van der Waals surface area contributed by atoms with Crippen LogP contribution in [0.2, 0.25) is 5.02 Å². The number of nitro groups is 1. The number of nitrogens with zero attached hydrogens (tertiary/aromatic N) is 3. The first-order valence-electron chi connectivity index (χ1n) is 7.62. The lowest BCUT2D eigenvalue weighted by Gasteiger charge is -1.99. The molecule has 0 spiro atoms. The predicted molar refractivity (Wildman–Crippen MR) is 109 cm³/mol. The molecule has 0 atom stereocenters. The van der Waals surface area contributed by atoms with Gasteiger partial charge in [0.15, 0.2) is 14.5 Å². The highest BCUT2D eigenvalue weighted by Crippen LogP contribution is 2.31. The van der Waals surface area contributed by atoms with Gasteiger partial charge < -0.3 is 0 Å². The number of Topliss-reactive ketones (excluding diaryl/α,β-unsaturated/α-hetero) is 1. The highest BCUT2D eigenvalue weighted by molar-refractivity contribution is 8.03. The lowest BCUT2D eigenvalue weighted by atomic mass is 10.1. The second-order valence-electron chi connectivity index (χ2n) is 5.26. The van der Waals surface area contributed by atoms with Crippen molar-refractivity contribution in [3.05, 3.63) is 74.8 Å². The van der Waals surface area contributed by atoms with Crippen molar-refractivity contribution in [1.29, 1.82) is 0 Å². The average Bonchev–Trinajstić information content (AvgIpc) is 3.13. The molecule has 6 nitrogen and oxygen atoms in total. The van der Waals surface area contributed by atoms with Crippen LogP contribution in [0.5, 0.6) is 0 Å². The van der Waals surface area contributed by atoms with Gasteiger partial charge in [-0.3, -0.25) is 14.9 Å². The number of nitro benzene ring substituents is 1. The summed E-state index contributed by atoms with van der Waals surface area (Å²) >= 11 is 10.2. The molecule has 27 heavy (non-hydrogen) atoms. The maximum atomic E-state index is 12.2. The summed E-state index contributed by atoms with van der Waals surface area (Å²) in [7, 11) is 0. The van der Waals surface area contributed by atoms with E-state index in [9.17, 15) is 14.9 Å². The first-order valence-corrected chi connectivity index (χ1v) is 10.8. The highest BCUT2D eigenvalue weighted by atomic mass is 35.5. The number of hydrogen-bond acceptors (Lipinski definition) is 8. The third-order valence-corrected chi connectivity index (χ3v) is 6.90. The number of rotatable bonds is 8. The Hall–Kier alpha value is -1.94. The number of non-ortho nitro benzene ring substituents is 1. The molecule has 0 bridgehead atoms. The van der Waals surface area contributed by atoms with Gasteiger partial charge in [-0.25, -0.2) is 0 Å². The second-order valence-corrected chi connectivity index (χ2v) is 9.12. The van der Waals surface area contributed by atoms with Crippen molar-refractivity contribution in [2.75, 3.05) is 5.75 Å². The monoisotopic (exact) mass is 437 g/mol. The highest BCUT2D eigenvalue weighted by Gasteiger charge is 2.12. The van der Waals surface area contributed by atoms with Crippen LogP contribution in [-0.4, -0.2) is 26.7 Å². The number of halogens is 1. The molecule has 0 saturated heterocycles. The molecule has 3 rings (SSSR count). The summed E-state index contributed by atoms with van der Waals surface area (Å²) in [6.45, 7) is 0. The molecule has 0 N–H and O–H groups in total. The lowest BCUT2D eigenvalue weighted by molar-refractivity contribution is -0.384. The Labute approximate surface area is 172 Å². The van der Waals surface area contributed by atoms with Crippen molar-refractivity contribution >= 4 is 57.9 Å². The minimum atomic E-state index is -0.493. The van der Waals surface area contributed by atoms with Crippen molar-refractivity contribution in [3.63, 3.8) is 0 Å². The number of thioether (sulfide) groups is 2. The molecule has 10 heteroatoms. The van der Waals surface area contributed by atoms with E-state index in [1.807, 2.05) is 24.3 Å². The quantitative estimate of drug-likeness (QED) is 0.203. The summed E-state index contributed by atoms with van der Waals surface area (Å²) in [5, 5.41) is 19.6. The van der Waals surface area contributed by atoms with E-state index in [-0.39, 0.29) is 17.2 Å². The van der Waals surface area contributed by atoms with Crippen molar-refractivity contribution in [2.45, 2.75) is 14.4 Å². The van der Waals surface area contributed by atoms with Crippen LogP contribution < -0.4 is 0 Å². The largest absolute Gasteiger partial charge is 0.293 e. The molecule has 138 valence electrons. The van der Waals surface area contributed by atoms with Gasteiger partial charge in [0.1, 0.15) is 0 Å². The molecule has 0 radical (unpaired) electrons. The first-order chi connectivity index (χ1) is 13.0. The molecule has 0 aliphatic carbocycles. The maximum Gasteiger partial charge on any atom is 0.269 e. The van der Waals surface area contributed by atoms with Gasteiger partial charge in [0.2, 0.25) is 0 Å². The summed E-state index contributed by atoms with van der Waals surface area (Å²) in [5.74, 6) is 0.854. The molecule has 0 unspecified atom stereocenters. The van der Waals surface area contributed by atoms with Crippen molar-refractivity contribution in [3.8, 4) is 0 Å². The minimum Gasteiger partial charge on any atom is -0.293 e. The Morgan fingerprint density at radius 3 is 2.30 bits per heavy atom. The van der Waals surface area contributed by atoms with Gasteiger partial charge in [0, 0.05) is 28.5 Å². The number of aromatic nitrogens is 2. The Morgan fingerprint density at radius 1 is 1.04 bits per heavy atom. The van der Waals surface area contributed by atoms with Gasteiger partial charge in [-0.1, -0.05) is 58.6 Å². The smallest absolute Gasteiger partial charge is 0.269 e. The molecular weight excluding hydrogens is 426 g/mol. The maximum absolute atomic E-state index is 12.2. The van der Waals surface area contributed by atoms with E-state index >= 15 is 0 Å². The van der Waals surface area contributed by atoms with Crippen LogP contribution in [0.1, 0.15) is 15.9 Å². The summed E-state index contributed by atoms with van der Waals surface area (Å²) in [4.78, 5) is 22.4. The molecule has 0 aliphatic heterocycles. The van der Waals surface area contributed by atoms with Crippen LogP contribution in [0.15, 0.2) is 57.2 Å². The van der Waals surface area contributed by atoms with Crippen molar-refractivity contribution in [2.24, 2.45) is 0 Å². The van der Waals surface area contributed by atoms with E-state index < -0.39 is 4.92 Å². The molecule has 1 aromatic heterocycles. The van der Waals surface area contributed by atoms with Gasteiger partial charge in [0.25, 0.3) is 5.69 Å². The molecule has 0 saturated carbocycles. The van der Waals surface area contributed by atoms with Crippen LogP contribution in [0.3, 0.4) is 0 Å². The van der Waals surface area contributed by atoms with Gasteiger partial charge in [-0.15, -0.1) is 10.2 Å².